The molecule has 3 aromatic carbocycles. The van der Waals surface area contributed by atoms with Gasteiger partial charge in [-0.25, -0.2) is 8.78 Å². The first-order valence-electron chi connectivity index (χ1n) is 10.8. The molecule has 1 fully saturated rings. The molecule has 8 heteroatoms. The summed E-state index contributed by atoms with van der Waals surface area (Å²) in [6.45, 7) is 4.25. The summed E-state index contributed by atoms with van der Waals surface area (Å²) < 4.78 is 37.9. The molecule has 5 nitrogen and oxygen atoms in total. The monoisotopic (exact) mass is 492 g/mol. The van der Waals surface area contributed by atoms with E-state index < -0.39 is 0 Å². The molecule has 4 rings (SSSR count). The van der Waals surface area contributed by atoms with E-state index in [0.29, 0.717) is 0 Å². The van der Waals surface area contributed by atoms with Crippen molar-refractivity contribution in [1.29, 1.82) is 0 Å². The third-order valence-electron chi connectivity index (χ3n) is 6.03. The molecule has 0 atom stereocenters. The molecule has 0 aromatic heterocycles. The van der Waals surface area contributed by atoms with Crippen LogP contribution in [-0.4, -0.2) is 55.7 Å². The van der Waals surface area contributed by atoms with Gasteiger partial charge in [0.05, 0.1) is 20.3 Å². The highest BCUT2D eigenvalue weighted by molar-refractivity contribution is 5.85. The van der Waals surface area contributed by atoms with E-state index in [1.807, 2.05) is 42.5 Å². The predicted molar refractivity (Wildman–Crippen MR) is 132 cm³/mol. The van der Waals surface area contributed by atoms with Gasteiger partial charge in [0.25, 0.3) is 0 Å². The lowest BCUT2D eigenvalue weighted by atomic mass is 9.96. The van der Waals surface area contributed by atoms with Crippen molar-refractivity contribution in [3.8, 4) is 11.5 Å². The minimum absolute atomic E-state index is 0. The molecule has 0 amide bonds. The molecule has 3 aromatic rings. The van der Waals surface area contributed by atoms with Crippen LogP contribution in [-0.2, 0) is 6.54 Å². The Labute approximate surface area is 205 Å². The number of hydrogen-bond donors (Lipinski definition) is 0. The van der Waals surface area contributed by atoms with Crippen molar-refractivity contribution in [2.24, 2.45) is 0 Å². The fraction of sp³-hybridized carbons (Fsp3) is 0.308. The van der Waals surface area contributed by atoms with Crippen LogP contribution in [0.3, 0.4) is 0 Å². The van der Waals surface area contributed by atoms with Gasteiger partial charge in [-0.2, -0.15) is 0 Å². The van der Waals surface area contributed by atoms with E-state index in [-0.39, 0.29) is 35.6 Å². The van der Waals surface area contributed by atoms with Crippen molar-refractivity contribution in [3.63, 3.8) is 0 Å². The van der Waals surface area contributed by atoms with Gasteiger partial charge in [-0.15, -0.1) is 12.4 Å². The van der Waals surface area contributed by atoms with Gasteiger partial charge in [0.15, 0.2) is 0 Å². The van der Waals surface area contributed by atoms with Gasteiger partial charge in [0.2, 0.25) is 0 Å². The maximum absolute atomic E-state index is 13.5. The Bertz CT molecular complexity index is 982. The molecule has 0 aliphatic carbocycles. The molecular weight excluding hydrogens is 462 g/mol. The Hall–Kier alpha value is -2.71. The SMILES string of the molecule is COc1ccc(CN2CCN(C(c3ccc(F)cc3)c3ccc(F)cc3)CC2)c(OC)c1.Cl.O. The first-order valence-corrected chi connectivity index (χ1v) is 10.8. The van der Waals surface area contributed by atoms with E-state index in [2.05, 4.69) is 9.80 Å². The van der Waals surface area contributed by atoms with Crippen molar-refractivity contribution in [2.75, 3.05) is 40.4 Å². The van der Waals surface area contributed by atoms with Gasteiger partial charge in [0, 0.05) is 44.4 Å². The topological polar surface area (TPSA) is 56.4 Å². The zero-order chi connectivity index (χ0) is 22.5. The molecule has 0 saturated carbocycles. The van der Waals surface area contributed by atoms with Crippen molar-refractivity contribution in [2.45, 2.75) is 12.6 Å². The van der Waals surface area contributed by atoms with Gasteiger partial charge < -0.3 is 14.9 Å². The number of rotatable bonds is 7. The van der Waals surface area contributed by atoms with E-state index in [1.165, 1.54) is 24.3 Å². The largest absolute Gasteiger partial charge is 0.497 e. The normalized spacial score (nSPS) is 14.3. The van der Waals surface area contributed by atoms with Crippen LogP contribution in [0.4, 0.5) is 8.78 Å². The highest BCUT2D eigenvalue weighted by atomic mass is 35.5. The Morgan fingerprint density at radius 3 is 1.76 bits per heavy atom. The molecular formula is C26H31ClF2N2O3. The van der Waals surface area contributed by atoms with Gasteiger partial charge in [-0.3, -0.25) is 9.80 Å². The van der Waals surface area contributed by atoms with Gasteiger partial charge in [0.1, 0.15) is 23.1 Å². The summed E-state index contributed by atoms with van der Waals surface area (Å²) in [5.41, 5.74) is 3.13. The van der Waals surface area contributed by atoms with E-state index in [1.54, 1.807) is 14.2 Å². The average Bonchev–Trinajstić information content (AvgIpc) is 2.83. The summed E-state index contributed by atoms with van der Waals surface area (Å²) in [6.07, 6.45) is 0. The number of methoxy groups -OCH3 is 2. The number of benzene rings is 3. The van der Waals surface area contributed by atoms with Crippen LogP contribution in [0, 0.1) is 11.6 Å². The second-order valence-corrected chi connectivity index (χ2v) is 8.00. The molecule has 1 aliphatic rings. The van der Waals surface area contributed by atoms with E-state index in [4.69, 9.17) is 9.47 Å². The fourth-order valence-electron chi connectivity index (χ4n) is 4.31. The van der Waals surface area contributed by atoms with Crippen LogP contribution in [0.5, 0.6) is 11.5 Å². The Morgan fingerprint density at radius 1 is 0.765 bits per heavy atom. The number of hydrogen-bond acceptors (Lipinski definition) is 4. The lowest BCUT2D eigenvalue weighted by molar-refractivity contribution is 0.104. The third-order valence-corrected chi connectivity index (χ3v) is 6.03. The highest BCUT2D eigenvalue weighted by Crippen LogP contribution is 2.31. The third kappa shape index (κ3) is 6.45. The van der Waals surface area contributed by atoms with Gasteiger partial charge >= 0.3 is 0 Å². The minimum atomic E-state index is -0.259. The quantitative estimate of drug-likeness (QED) is 0.488. The van der Waals surface area contributed by atoms with E-state index in [9.17, 15) is 8.78 Å². The fourth-order valence-corrected chi connectivity index (χ4v) is 4.31. The minimum Gasteiger partial charge on any atom is -0.497 e. The van der Waals surface area contributed by atoms with Crippen LogP contribution in [0.2, 0.25) is 0 Å². The van der Waals surface area contributed by atoms with Crippen molar-refractivity contribution in [1.82, 2.24) is 9.80 Å². The van der Waals surface area contributed by atoms with Crippen LogP contribution >= 0.6 is 12.4 Å². The lowest BCUT2D eigenvalue weighted by Crippen LogP contribution is -2.47. The second kappa shape index (κ2) is 12.7. The number of halogens is 3. The lowest BCUT2D eigenvalue weighted by Gasteiger charge is -2.40. The van der Waals surface area contributed by atoms with Crippen LogP contribution < -0.4 is 9.47 Å². The first kappa shape index (κ1) is 27.5. The molecule has 1 aliphatic heterocycles. The maximum Gasteiger partial charge on any atom is 0.127 e. The average molecular weight is 493 g/mol. The molecule has 0 unspecified atom stereocenters. The summed E-state index contributed by atoms with van der Waals surface area (Å²) >= 11 is 0. The standard InChI is InChI=1S/C26H28F2N2O2.ClH.H2O/c1-31-24-12-7-21(25(17-24)32-2)18-29-13-15-30(16-14-29)26(19-3-8-22(27)9-4-19)20-5-10-23(28)11-6-20;;/h3-12,17,26H,13-16,18H2,1-2H3;1H;1H2. The molecule has 0 bridgehead atoms. The first-order chi connectivity index (χ1) is 15.6. The molecule has 184 valence electrons. The zero-order valence-electron chi connectivity index (χ0n) is 19.3. The zero-order valence-corrected chi connectivity index (χ0v) is 20.2. The Balaban J connectivity index is 0.00000204. The smallest absolute Gasteiger partial charge is 0.127 e. The summed E-state index contributed by atoms with van der Waals surface area (Å²) in [4.78, 5) is 4.77. The van der Waals surface area contributed by atoms with Gasteiger partial charge in [-0.05, 0) is 41.5 Å². The maximum atomic E-state index is 13.5. The van der Waals surface area contributed by atoms with Crippen LogP contribution in [0.25, 0.3) is 0 Å². The molecule has 0 radical (unpaired) electrons. The molecule has 0 spiro atoms. The van der Waals surface area contributed by atoms with Crippen molar-refractivity contribution >= 4 is 12.4 Å². The van der Waals surface area contributed by atoms with E-state index in [0.717, 1.165) is 60.9 Å². The second-order valence-electron chi connectivity index (χ2n) is 8.00. The Morgan fingerprint density at radius 2 is 1.29 bits per heavy atom. The molecule has 1 heterocycles. The number of nitrogens with zero attached hydrogens (tertiary/aromatic N) is 2. The summed E-state index contributed by atoms with van der Waals surface area (Å²) in [5, 5.41) is 0. The molecule has 34 heavy (non-hydrogen) atoms. The van der Waals surface area contributed by atoms with E-state index >= 15 is 0 Å². The summed E-state index contributed by atoms with van der Waals surface area (Å²) in [6, 6.07) is 19.1. The number of piperazine rings is 1. The Kier molecular flexibility index (Phi) is 10.3. The number of ether oxygens (including phenoxy) is 2. The molecule has 1 saturated heterocycles. The highest BCUT2D eigenvalue weighted by Gasteiger charge is 2.27. The predicted octanol–water partition coefficient (Wildman–Crippen LogP) is 4.49. The molecule has 2 N–H and O–H groups in total. The van der Waals surface area contributed by atoms with Crippen molar-refractivity contribution < 1.29 is 23.7 Å². The summed E-state index contributed by atoms with van der Waals surface area (Å²) in [5.74, 6) is 1.08. The van der Waals surface area contributed by atoms with Crippen molar-refractivity contribution in [3.05, 3.63) is 95.1 Å². The van der Waals surface area contributed by atoms with Crippen LogP contribution in [0.1, 0.15) is 22.7 Å². The van der Waals surface area contributed by atoms with Gasteiger partial charge in [-0.1, -0.05) is 30.3 Å². The summed E-state index contributed by atoms with van der Waals surface area (Å²) in [7, 11) is 3.32. The van der Waals surface area contributed by atoms with Crippen LogP contribution in [0.15, 0.2) is 66.7 Å².